The van der Waals surface area contributed by atoms with Crippen molar-refractivity contribution >= 4 is 0 Å². The second-order valence-corrected chi connectivity index (χ2v) is 6.29. The van der Waals surface area contributed by atoms with Crippen LogP contribution in [0.5, 0.6) is 0 Å². The first-order chi connectivity index (χ1) is 7.03. The van der Waals surface area contributed by atoms with Crippen LogP contribution in [0.15, 0.2) is 0 Å². The monoisotopic (exact) mass is 211 g/mol. The molecule has 90 valence electrons. The molecule has 2 atom stereocenters. The maximum Gasteiger partial charge on any atom is 0.000253 e. The zero-order valence-electron chi connectivity index (χ0n) is 11.1. The van der Waals surface area contributed by atoms with E-state index in [2.05, 4.69) is 33.0 Å². The van der Waals surface area contributed by atoms with E-state index in [0.29, 0.717) is 5.41 Å². The van der Waals surface area contributed by atoms with Gasteiger partial charge in [0.25, 0.3) is 0 Å². The summed E-state index contributed by atoms with van der Waals surface area (Å²) in [7, 11) is 0. The molecule has 0 radical (unpaired) electrons. The van der Waals surface area contributed by atoms with Crippen molar-refractivity contribution in [1.29, 1.82) is 0 Å². The maximum absolute atomic E-state index is 3.67. The van der Waals surface area contributed by atoms with E-state index < -0.39 is 0 Å². The first-order valence-corrected chi connectivity index (χ1v) is 6.74. The first-order valence-electron chi connectivity index (χ1n) is 6.74. The summed E-state index contributed by atoms with van der Waals surface area (Å²) in [5.74, 6) is 1.91. The quantitative estimate of drug-likeness (QED) is 0.728. The third-order valence-corrected chi connectivity index (χ3v) is 4.04. The number of rotatable bonds is 5. The normalized spacial score (nSPS) is 28.0. The van der Waals surface area contributed by atoms with Gasteiger partial charge in [-0.15, -0.1) is 0 Å². The molecule has 0 aromatic rings. The van der Waals surface area contributed by atoms with Crippen LogP contribution in [0.2, 0.25) is 0 Å². The summed E-state index contributed by atoms with van der Waals surface area (Å²) in [6.45, 7) is 11.8. The van der Waals surface area contributed by atoms with Crippen molar-refractivity contribution in [2.45, 2.75) is 59.8 Å². The maximum atomic E-state index is 3.67. The highest BCUT2D eigenvalue weighted by molar-refractivity contribution is 4.75. The van der Waals surface area contributed by atoms with Crippen molar-refractivity contribution in [3.05, 3.63) is 0 Å². The zero-order chi connectivity index (χ0) is 11.3. The van der Waals surface area contributed by atoms with E-state index in [0.717, 1.165) is 11.8 Å². The van der Waals surface area contributed by atoms with Crippen molar-refractivity contribution in [2.24, 2.45) is 17.3 Å². The molecule has 0 spiro atoms. The highest BCUT2D eigenvalue weighted by Crippen LogP contribution is 2.28. The largest absolute Gasteiger partial charge is 0.316 e. The molecular formula is C14H29N. The Labute approximate surface area is 96.0 Å². The summed E-state index contributed by atoms with van der Waals surface area (Å²) >= 11 is 0. The van der Waals surface area contributed by atoms with Crippen LogP contribution in [0.25, 0.3) is 0 Å². The van der Waals surface area contributed by atoms with Crippen molar-refractivity contribution in [2.75, 3.05) is 13.1 Å². The fraction of sp³-hybridized carbons (Fsp3) is 1.00. The summed E-state index contributed by atoms with van der Waals surface area (Å²) in [4.78, 5) is 0. The lowest BCUT2D eigenvalue weighted by Crippen LogP contribution is -2.33. The Bertz CT molecular complexity index is 174. The van der Waals surface area contributed by atoms with E-state index in [1.165, 1.54) is 45.2 Å². The van der Waals surface area contributed by atoms with Crippen LogP contribution < -0.4 is 5.32 Å². The fourth-order valence-corrected chi connectivity index (χ4v) is 2.48. The molecule has 0 saturated heterocycles. The first kappa shape index (κ1) is 13.0. The van der Waals surface area contributed by atoms with Crippen LogP contribution in [0, 0.1) is 17.3 Å². The Morgan fingerprint density at radius 2 is 2.00 bits per heavy atom. The van der Waals surface area contributed by atoms with Gasteiger partial charge in [-0.05, 0) is 43.1 Å². The molecule has 1 saturated carbocycles. The van der Waals surface area contributed by atoms with Gasteiger partial charge in [0.2, 0.25) is 0 Å². The van der Waals surface area contributed by atoms with Crippen molar-refractivity contribution in [1.82, 2.24) is 5.32 Å². The van der Waals surface area contributed by atoms with Crippen LogP contribution in [0.1, 0.15) is 59.8 Å². The molecule has 1 fully saturated rings. The lowest BCUT2D eigenvalue weighted by Gasteiger charge is -2.29. The summed E-state index contributed by atoms with van der Waals surface area (Å²) in [5.41, 5.74) is 0.473. The minimum Gasteiger partial charge on any atom is -0.316 e. The molecule has 1 nitrogen and oxygen atoms in total. The van der Waals surface area contributed by atoms with Crippen LogP contribution >= 0.6 is 0 Å². The lowest BCUT2D eigenvalue weighted by molar-refractivity contribution is 0.255. The highest BCUT2D eigenvalue weighted by Gasteiger charge is 2.20. The zero-order valence-corrected chi connectivity index (χ0v) is 11.1. The molecule has 1 aliphatic rings. The van der Waals surface area contributed by atoms with E-state index >= 15 is 0 Å². The molecule has 0 aliphatic heterocycles. The van der Waals surface area contributed by atoms with E-state index in [1.54, 1.807) is 0 Å². The molecule has 1 rings (SSSR count). The second-order valence-electron chi connectivity index (χ2n) is 6.29. The molecular weight excluding hydrogens is 182 g/mol. The number of hydrogen-bond acceptors (Lipinski definition) is 1. The van der Waals surface area contributed by atoms with E-state index in [1.807, 2.05) is 0 Å². The van der Waals surface area contributed by atoms with Gasteiger partial charge >= 0.3 is 0 Å². The standard InChI is InChI=1S/C14H29N/c1-5-14(3,4)11-15-10-13-8-6-7-12(2)9-13/h12-13,15H,5-11H2,1-4H3. The van der Waals surface area contributed by atoms with Gasteiger partial charge in [0.1, 0.15) is 0 Å². The summed E-state index contributed by atoms with van der Waals surface area (Å²) < 4.78 is 0. The second kappa shape index (κ2) is 5.89. The average molecular weight is 211 g/mol. The fourth-order valence-electron chi connectivity index (χ4n) is 2.48. The van der Waals surface area contributed by atoms with E-state index in [-0.39, 0.29) is 0 Å². The van der Waals surface area contributed by atoms with Gasteiger partial charge in [0.15, 0.2) is 0 Å². The van der Waals surface area contributed by atoms with Crippen LogP contribution in [-0.2, 0) is 0 Å². The van der Waals surface area contributed by atoms with Gasteiger partial charge in [-0.3, -0.25) is 0 Å². The van der Waals surface area contributed by atoms with Gasteiger partial charge in [0.05, 0.1) is 0 Å². The third-order valence-electron chi connectivity index (χ3n) is 4.04. The Balaban J connectivity index is 2.14. The van der Waals surface area contributed by atoms with Crippen LogP contribution in [-0.4, -0.2) is 13.1 Å². The third kappa shape index (κ3) is 5.01. The van der Waals surface area contributed by atoms with Gasteiger partial charge in [-0.2, -0.15) is 0 Å². The van der Waals surface area contributed by atoms with E-state index in [9.17, 15) is 0 Å². The van der Waals surface area contributed by atoms with Crippen LogP contribution in [0.4, 0.5) is 0 Å². The predicted octanol–water partition coefficient (Wildman–Crippen LogP) is 3.84. The Hall–Kier alpha value is -0.0400. The predicted molar refractivity (Wildman–Crippen MR) is 68.1 cm³/mol. The summed E-state index contributed by atoms with van der Waals surface area (Å²) in [6, 6.07) is 0. The molecule has 1 aliphatic carbocycles. The Kier molecular flexibility index (Phi) is 5.11. The molecule has 0 heterocycles. The Morgan fingerprint density at radius 1 is 1.27 bits per heavy atom. The molecule has 1 heteroatoms. The number of nitrogens with one attached hydrogen (secondary N) is 1. The van der Waals surface area contributed by atoms with Crippen molar-refractivity contribution < 1.29 is 0 Å². The Morgan fingerprint density at radius 3 is 2.60 bits per heavy atom. The van der Waals surface area contributed by atoms with Gasteiger partial charge in [0, 0.05) is 6.54 Å². The smallest absolute Gasteiger partial charge is 0.000253 e. The lowest BCUT2D eigenvalue weighted by atomic mass is 9.82. The summed E-state index contributed by atoms with van der Waals surface area (Å²) in [6.07, 6.45) is 7.06. The molecule has 0 aromatic carbocycles. The topological polar surface area (TPSA) is 12.0 Å². The molecule has 2 unspecified atom stereocenters. The molecule has 15 heavy (non-hydrogen) atoms. The molecule has 1 N–H and O–H groups in total. The molecule has 0 amide bonds. The molecule has 0 bridgehead atoms. The van der Waals surface area contributed by atoms with Gasteiger partial charge in [-0.1, -0.05) is 40.5 Å². The van der Waals surface area contributed by atoms with E-state index in [4.69, 9.17) is 0 Å². The molecule has 0 aromatic heterocycles. The van der Waals surface area contributed by atoms with Gasteiger partial charge in [-0.25, -0.2) is 0 Å². The van der Waals surface area contributed by atoms with Gasteiger partial charge < -0.3 is 5.32 Å². The minimum absolute atomic E-state index is 0.473. The van der Waals surface area contributed by atoms with Crippen LogP contribution in [0.3, 0.4) is 0 Å². The number of hydrogen-bond donors (Lipinski definition) is 1. The van der Waals surface area contributed by atoms with Crippen molar-refractivity contribution in [3.8, 4) is 0 Å². The summed E-state index contributed by atoms with van der Waals surface area (Å²) in [5, 5.41) is 3.67. The average Bonchev–Trinajstić information content (AvgIpc) is 2.18. The SMILES string of the molecule is CCC(C)(C)CNCC1CCCC(C)C1. The highest BCUT2D eigenvalue weighted by atomic mass is 14.9. The minimum atomic E-state index is 0.473. The van der Waals surface area contributed by atoms with Crippen molar-refractivity contribution in [3.63, 3.8) is 0 Å².